The molecule has 0 bridgehead atoms. The Morgan fingerprint density at radius 1 is 1.18 bits per heavy atom. The Morgan fingerprint density at radius 3 is 2.46 bits per heavy atom. The fourth-order valence-electron chi connectivity index (χ4n) is 3.20. The van der Waals surface area contributed by atoms with Crippen LogP contribution >= 0.6 is 0 Å². The van der Waals surface area contributed by atoms with E-state index in [0.29, 0.717) is 12.3 Å². The van der Waals surface area contributed by atoms with Gasteiger partial charge in [0.15, 0.2) is 0 Å². The highest BCUT2D eigenvalue weighted by Gasteiger charge is 2.24. The summed E-state index contributed by atoms with van der Waals surface area (Å²) in [5.74, 6) is 0.444. The van der Waals surface area contributed by atoms with E-state index in [4.69, 9.17) is 4.74 Å². The Hall–Kier alpha value is -1.86. The zero-order valence-corrected chi connectivity index (χ0v) is 17.8. The normalized spacial score (nSPS) is 15.8. The third-order valence-electron chi connectivity index (χ3n) is 5.04. The smallest absolute Gasteiger partial charge is 0.240 e. The monoisotopic (exact) mass is 408 g/mol. The Balaban J connectivity index is 1.90. The fraction of sp³-hybridized carbons (Fsp3) is 0.571. The van der Waals surface area contributed by atoms with Crippen molar-refractivity contribution in [2.45, 2.75) is 63.3 Å². The van der Waals surface area contributed by atoms with Crippen molar-refractivity contribution in [3.05, 3.63) is 35.9 Å². The van der Waals surface area contributed by atoms with E-state index < -0.39 is 16.1 Å². The molecule has 1 aliphatic rings. The molecule has 0 radical (unpaired) electrons. The molecule has 0 aromatic heterocycles. The van der Waals surface area contributed by atoms with Gasteiger partial charge in [-0.2, -0.15) is 0 Å². The molecule has 0 saturated heterocycles. The van der Waals surface area contributed by atoms with E-state index in [1.54, 1.807) is 12.1 Å². The molecule has 1 aliphatic carbocycles. The van der Waals surface area contributed by atoms with E-state index in [9.17, 15) is 13.2 Å². The molecule has 2 N–H and O–H groups in total. The lowest BCUT2D eigenvalue weighted by molar-refractivity contribution is -0.121. The summed E-state index contributed by atoms with van der Waals surface area (Å²) in [7, 11) is -2.18. The minimum absolute atomic E-state index is 0.0140. The first kappa shape index (κ1) is 22.4. The van der Waals surface area contributed by atoms with Gasteiger partial charge in [-0.1, -0.05) is 25.5 Å². The van der Waals surface area contributed by atoms with Crippen LogP contribution in [0, 0.1) is 5.92 Å². The van der Waals surface area contributed by atoms with Crippen LogP contribution in [0.15, 0.2) is 40.8 Å². The summed E-state index contributed by atoms with van der Waals surface area (Å²) >= 11 is 0. The summed E-state index contributed by atoms with van der Waals surface area (Å²) in [5, 5.41) is 2.92. The first-order chi connectivity index (χ1) is 13.3. The van der Waals surface area contributed by atoms with Crippen LogP contribution in [-0.4, -0.2) is 34.0 Å². The fourth-order valence-corrected chi connectivity index (χ4v) is 4.59. The molecular formula is C21H32N2O4S. The van der Waals surface area contributed by atoms with Crippen molar-refractivity contribution in [1.29, 1.82) is 0 Å². The van der Waals surface area contributed by atoms with Crippen molar-refractivity contribution in [2.75, 3.05) is 13.7 Å². The van der Waals surface area contributed by atoms with E-state index in [0.717, 1.165) is 19.3 Å². The predicted molar refractivity (Wildman–Crippen MR) is 111 cm³/mol. The number of amides is 1. The van der Waals surface area contributed by atoms with Gasteiger partial charge in [-0.05, 0) is 62.3 Å². The van der Waals surface area contributed by atoms with Crippen molar-refractivity contribution in [3.63, 3.8) is 0 Å². The van der Waals surface area contributed by atoms with Crippen LogP contribution in [0.4, 0.5) is 0 Å². The molecule has 0 aliphatic heterocycles. The first-order valence-electron chi connectivity index (χ1n) is 9.93. The number of sulfonamides is 1. The van der Waals surface area contributed by atoms with Gasteiger partial charge in [-0.25, -0.2) is 13.1 Å². The van der Waals surface area contributed by atoms with Gasteiger partial charge in [0.25, 0.3) is 0 Å². The van der Waals surface area contributed by atoms with Gasteiger partial charge in [0.05, 0.1) is 12.0 Å². The Bertz CT molecular complexity index is 770. The van der Waals surface area contributed by atoms with Crippen LogP contribution in [0.5, 0.6) is 5.75 Å². The summed E-state index contributed by atoms with van der Waals surface area (Å²) < 4.78 is 33.1. The average Bonchev–Trinajstić information content (AvgIpc) is 2.68. The summed E-state index contributed by atoms with van der Waals surface area (Å²) in [4.78, 5) is 12.5. The molecule has 1 aromatic rings. The third kappa shape index (κ3) is 6.95. The zero-order chi connectivity index (χ0) is 20.6. The van der Waals surface area contributed by atoms with Crippen LogP contribution in [0.2, 0.25) is 0 Å². The summed E-state index contributed by atoms with van der Waals surface area (Å²) in [5.41, 5.74) is 1.41. The second-order valence-electron chi connectivity index (χ2n) is 7.56. The van der Waals surface area contributed by atoms with Crippen LogP contribution in [0.25, 0.3) is 0 Å². The largest absolute Gasteiger partial charge is 0.497 e. The van der Waals surface area contributed by atoms with Crippen LogP contribution in [0.3, 0.4) is 0 Å². The van der Waals surface area contributed by atoms with Gasteiger partial charge in [0.1, 0.15) is 5.75 Å². The van der Waals surface area contributed by atoms with E-state index >= 15 is 0 Å². The Labute approximate surface area is 168 Å². The highest BCUT2D eigenvalue weighted by molar-refractivity contribution is 7.89. The molecule has 28 heavy (non-hydrogen) atoms. The van der Waals surface area contributed by atoms with Crippen molar-refractivity contribution in [2.24, 2.45) is 5.92 Å². The number of benzene rings is 1. The highest BCUT2D eigenvalue weighted by atomic mass is 32.2. The van der Waals surface area contributed by atoms with E-state index in [1.165, 1.54) is 37.7 Å². The molecule has 6 nitrogen and oxygen atoms in total. The Kier molecular flexibility index (Phi) is 8.51. The molecule has 0 saturated carbocycles. The number of nitrogens with one attached hydrogen (secondary N) is 2. The summed E-state index contributed by atoms with van der Waals surface area (Å²) in [6.45, 7) is 4.41. The zero-order valence-electron chi connectivity index (χ0n) is 17.0. The molecule has 1 atom stereocenters. The lowest BCUT2D eigenvalue weighted by atomic mass is 9.97. The van der Waals surface area contributed by atoms with Crippen molar-refractivity contribution in [3.8, 4) is 5.75 Å². The lowest BCUT2D eigenvalue weighted by Gasteiger charge is -2.22. The molecule has 7 heteroatoms. The lowest BCUT2D eigenvalue weighted by Crippen LogP contribution is -2.42. The van der Waals surface area contributed by atoms with Gasteiger partial charge in [-0.15, -0.1) is 0 Å². The van der Waals surface area contributed by atoms with E-state index in [-0.39, 0.29) is 23.1 Å². The maximum absolute atomic E-state index is 12.7. The van der Waals surface area contributed by atoms with Gasteiger partial charge >= 0.3 is 0 Å². The number of carbonyl (C=O) groups is 1. The number of allylic oxidation sites excluding steroid dienone is 1. The van der Waals surface area contributed by atoms with E-state index in [2.05, 4.69) is 16.1 Å². The van der Waals surface area contributed by atoms with Gasteiger partial charge in [0, 0.05) is 19.0 Å². The van der Waals surface area contributed by atoms with Crippen molar-refractivity contribution in [1.82, 2.24) is 10.0 Å². The quantitative estimate of drug-likeness (QED) is 0.581. The van der Waals surface area contributed by atoms with Gasteiger partial charge in [-0.3, -0.25) is 4.79 Å². The topological polar surface area (TPSA) is 84.5 Å². The predicted octanol–water partition coefficient (Wildman–Crippen LogP) is 3.39. The molecule has 0 fully saturated rings. The maximum atomic E-state index is 12.7. The molecular weight excluding hydrogens is 376 g/mol. The summed E-state index contributed by atoms with van der Waals surface area (Å²) in [6, 6.07) is 5.73. The van der Waals surface area contributed by atoms with Crippen LogP contribution in [-0.2, 0) is 14.8 Å². The Morgan fingerprint density at radius 2 is 1.89 bits per heavy atom. The number of methoxy groups -OCH3 is 1. The minimum Gasteiger partial charge on any atom is -0.497 e. The third-order valence-corrected chi connectivity index (χ3v) is 6.55. The van der Waals surface area contributed by atoms with Crippen molar-refractivity contribution < 1.29 is 17.9 Å². The number of rotatable bonds is 10. The first-order valence-corrected chi connectivity index (χ1v) is 11.4. The number of hydrogen-bond donors (Lipinski definition) is 2. The number of hydrogen-bond acceptors (Lipinski definition) is 4. The minimum atomic E-state index is -3.71. The van der Waals surface area contributed by atoms with Crippen molar-refractivity contribution >= 4 is 15.9 Å². The highest BCUT2D eigenvalue weighted by Crippen LogP contribution is 2.20. The average molecular weight is 409 g/mol. The standard InChI is InChI=1S/C21H32N2O4S/c1-16(2)20(15-21(24)22-14-13-17-7-5-4-6-8-17)23-28(25,26)19-11-9-18(27-3)10-12-19/h7,9-12,16,20,23H,4-6,8,13-15H2,1-3H3,(H,22,24). The van der Waals surface area contributed by atoms with Gasteiger partial charge < -0.3 is 10.1 Å². The van der Waals surface area contributed by atoms with Crippen LogP contribution in [0.1, 0.15) is 52.4 Å². The van der Waals surface area contributed by atoms with Gasteiger partial charge in [0.2, 0.25) is 15.9 Å². The molecule has 1 amide bonds. The molecule has 156 valence electrons. The van der Waals surface area contributed by atoms with E-state index in [1.807, 2.05) is 13.8 Å². The number of ether oxygens (including phenoxy) is 1. The molecule has 0 heterocycles. The second kappa shape index (κ2) is 10.6. The maximum Gasteiger partial charge on any atom is 0.240 e. The number of carbonyl (C=O) groups excluding carboxylic acids is 1. The molecule has 1 aromatic carbocycles. The second-order valence-corrected chi connectivity index (χ2v) is 9.27. The SMILES string of the molecule is COc1ccc(S(=O)(=O)NC(CC(=O)NCCC2=CCCCC2)C(C)C)cc1. The summed E-state index contributed by atoms with van der Waals surface area (Å²) in [6.07, 6.45) is 7.98. The molecule has 2 rings (SSSR count). The van der Waals surface area contributed by atoms with Crippen LogP contribution < -0.4 is 14.8 Å². The molecule has 0 spiro atoms. The molecule has 1 unspecified atom stereocenters.